The summed E-state index contributed by atoms with van der Waals surface area (Å²) in [7, 11) is 0. The SMILES string of the molecule is Cl.Cl.O=[N+]([O-])c1ccc(Cl)cc1[C@H](CC1CC1)N1CCNCC1. The first kappa shape index (κ1) is 20.5. The average molecular weight is 383 g/mol. The second kappa shape index (κ2) is 9.04. The summed E-state index contributed by atoms with van der Waals surface area (Å²) in [5.41, 5.74) is 0.977. The number of piperazine rings is 1. The lowest BCUT2D eigenvalue weighted by Gasteiger charge is -2.35. The van der Waals surface area contributed by atoms with Crippen molar-refractivity contribution in [2.45, 2.75) is 25.3 Å². The van der Waals surface area contributed by atoms with E-state index in [0.717, 1.165) is 38.2 Å². The molecular weight excluding hydrogens is 361 g/mol. The van der Waals surface area contributed by atoms with E-state index in [2.05, 4.69) is 10.2 Å². The van der Waals surface area contributed by atoms with Crippen molar-refractivity contribution in [2.75, 3.05) is 26.2 Å². The average Bonchev–Trinajstić information content (AvgIpc) is 3.29. The normalized spacial score (nSPS) is 19.3. The van der Waals surface area contributed by atoms with E-state index in [9.17, 15) is 10.1 Å². The molecule has 1 heterocycles. The Balaban J connectivity index is 0.00000132. The Labute approximate surface area is 153 Å². The van der Waals surface area contributed by atoms with E-state index >= 15 is 0 Å². The van der Waals surface area contributed by atoms with Crippen molar-refractivity contribution in [3.8, 4) is 0 Å². The van der Waals surface area contributed by atoms with Gasteiger partial charge in [0.05, 0.1) is 4.92 Å². The van der Waals surface area contributed by atoms with Crippen LogP contribution in [0, 0.1) is 16.0 Å². The summed E-state index contributed by atoms with van der Waals surface area (Å²) in [6.45, 7) is 3.74. The van der Waals surface area contributed by atoms with Gasteiger partial charge in [-0.05, 0) is 24.5 Å². The standard InChI is InChI=1S/C15H20ClN3O2.2ClH/c16-12-3-4-14(19(20)21)13(10-12)15(9-11-1-2-11)18-7-5-17-6-8-18;;/h3-4,10-11,15,17H,1-2,5-9H2;2*1H/t15-;;/m0../s1. The molecule has 2 aliphatic rings. The van der Waals surface area contributed by atoms with E-state index in [0.29, 0.717) is 10.9 Å². The largest absolute Gasteiger partial charge is 0.314 e. The number of benzene rings is 1. The maximum atomic E-state index is 11.4. The third-order valence-corrected chi connectivity index (χ3v) is 4.63. The number of hydrogen-bond acceptors (Lipinski definition) is 4. The molecule has 1 aromatic carbocycles. The lowest BCUT2D eigenvalue weighted by molar-refractivity contribution is -0.386. The predicted molar refractivity (Wildman–Crippen MR) is 97.1 cm³/mol. The molecule has 1 aliphatic heterocycles. The number of nitrogens with zero attached hydrogens (tertiary/aromatic N) is 2. The van der Waals surface area contributed by atoms with Crippen molar-refractivity contribution >= 4 is 42.1 Å². The molecular formula is C15H22Cl3N3O2. The fourth-order valence-electron chi connectivity index (χ4n) is 3.09. The van der Waals surface area contributed by atoms with Gasteiger partial charge in [0, 0.05) is 48.9 Å². The van der Waals surface area contributed by atoms with Gasteiger partial charge >= 0.3 is 0 Å². The van der Waals surface area contributed by atoms with Crippen LogP contribution in [0.25, 0.3) is 0 Å². The smallest absolute Gasteiger partial charge is 0.274 e. The topological polar surface area (TPSA) is 58.4 Å². The van der Waals surface area contributed by atoms with Crippen molar-refractivity contribution in [3.05, 3.63) is 38.9 Å². The van der Waals surface area contributed by atoms with E-state index in [1.165, 1.54) is 12.8 Å². The first-order valence-corrected chi connectivity index (χ1v) is 7.91. The lowest BCUT2D eigenvalue weighted by atomic mass is 9.97. The number of nitro benzene ring substituents is 1. The molecule has 3 rings (SSSR count). The summed E-state index contributed by atoms with van der Waals surface area (Å²) in [5.74, 6) is 0.712. The Morgan fingerprint density at radius 3 is 2.52 bits per heavy atom. The van der Waals surface area contributed by atoms with Gasteiger partial charge < -0.3 is 5.32 Å². The number of halogens is 3. The van der Waals surface area contributed by atoms with Gasteiger partial charge in [-0.1, -0.05) is 24.4 Å². The molecule has 0 radical (unpaired) electrons. The van der Waals surface area contributed by atoms with Gasteiger partial charge in [-0.15, -0.1) is 24.8 Å². The summed E-state index contributed by atoms with van der Waals surface area (Å²) < 4.78 is 0. The van der Waals surface area contributed by atoms with Crippen molar-refractivity contribution in [2.24, 2.45) is 5.92 Å². The van der Waals surface area contributed by atoms with E-state index < -0.39 is 0 Å². The van der Waals surface area contributed by atoms with Crippen LogP contribution in [0.15, 0.2) is 18.2 Å². The summed E-state index contributed by atoms with van der Waals surface area (Å²) in [5, 5.41) is 15.3. The van der Waals surface area contributed by atoms with E-state index in [-0.39, 0.29) is 41.5 Å². The van der Waals surface area contributed by atoms with E-state index in [1.54, 1.807) is 18.2 Å². The van der Waals surface area contributed by atoms with Gasteiger partial charge in [-0.25, -0.2) is 0 Å². The molecule has 1 N–H and O–H groups in total. The molecule has 1 aromatic rings. The van der Waals surface area contributed by atoms with Gasteiger partial charge in [0.15, 0.2) is 0 Å². The van der Waals surface area contributed by atoms with Crippen LogP contribution >= 0.6 is 36.4 Å². The van der Waals surface area contributed by atoms with Crippen LogP contribution in [0.1, 0.15) is 30.9 Å². The summed E-state index contributed by atoms with van der Waals surface area (Å²) in [6.07, 6.45) is 3.50. The Bertz CT molecular complexity index is 535. The molecule has 130 valence electrons. The fourth-order valence-corrected chi connectivity index (χ4v) is 3.27. The van der Waals surface area contributed by atoms with Gasteiger partial charge in [-0.2, -0.15) is 0 Å². The molecule has 0 unspecified atom stereocenters. The van der Waals surface area contributed by atoms with Gasteiger partial charge in [0.1, 0.15) is 0 Å². The summed E-state index contributed by atoms with van der Waals surface area (Å²) in [6, 6.07) is 5.04. The quantitative estimate of drug-likeness (QED) is 0.621. The third kappa shape index (κ3) is 5.19. The molecule has 1 saturated carbocycles. The van der Waals surface area contributed by atoms with Crippen molar-refractivity contribution in [3.63, 3.8) is 0 Å². The highest BCUT2D eigenvalue weighted by Crippen LogP contribution is 2.42. The van der Waals surface area contributed by atoms with Crippen molar-refractivity contribution < 1.29 is 4.92 Å². The molecule has 0 spiro atoms. The monoisotopic (exact) mass is 381 g/mol. The van der Waals surface area contributed by atoms with Gasteiger partial charge in [-0.3, -0.25) is 15.0 Å². The molecule has 1 aliphatic carbocycles. The number of hydrogen-bond donors (Lipinski definition) is 1. The Morgan fingerprint density at radius 1 is 1.30 bits per heavy atom. The van der Waals surface area contributed by atoms with Crippen LogP contribution < -0.4 is 5.32 Å². The predicted octanol–water partition coefficient (Wildman–Crippen LogP) is 3.84. The summed E-state index contributed by atoms with van der Waals surface area (Å²) in [4.78, 5) is 13.4. The second-order valence-corrected chi connectivity index (χ2v) is 6.38. The molecule has 0 aromatic heterocycles. The number of nitrogens with one attached hydrogen (secondary N) is 1. The Hall–Kier alpha value is -0.590. The molecule has 2 fully saturated rings. The highest BCUT2D eigenvalue weighted by atomic mass is 35.5. The van der Waals surface area contributed by atoms with Crippen LogP contribution in [0.2, 0.25) is 5.02 Å². The van der Waals surface area contributed by atoms with Crippen molar-refractivity contribution in [1.29, 1.82) is 0 Å². The zero-order chi connectivity index (χ0) is 14.8. The number of nitro groups is 1. The highest BCUT2D eigenvalue weighted by molar-refractivity contribution is 6.30. The minimum atomic E-state index is -0.284. The lowest BCUT2D eigenvalue weighted by Crippen LogP contribution is -2.45. The summed E-state index contributed by atoms with van der Waals surface area (Å²) >= 11 is 6.10. The zero-order valence-corrected chi connectivity index (χ0v) is 15.1. The molecule has 5 nitrogen and oxygen atoms in total. The Morgan fingerprint density at radius 2 is 1.96 bits per heavy atom. The van der Waals surface area contributed by atoms with Crippen LogP contribution in [0.3, 0.4) is 0 Å². The van der Waals surface area contributed by atoms with Crippen LogP contribution in [-0.4, -0.2) is 36.0 Å². The minimum Gasteiger partial charge on any atom is -0.314 e. The third-order valence-electron chi connectivity index (χ3n) is 4.39. The van der Waals surface area contributed by atoms with Gasteiger partial charge in [0.2, 0.25) is 0 Å². The van der Waals surface area contributed by atoms with Crippen molar-refractivity contribution in [1.82, 2.24) is 10.2 Å². The van der Waals surface area contributed by atoms with Gasteiger partial charge in [0.25, 0.3) is 5.69 Å². The van der Waals surface area contributed by atoms with Crippen LogP contribution in [0.5, 0.6) is 0 Å². The zero-order valence-electron chi connectivity index (χ0n) is 12.7. The second-order valence-electron chi connectivity index (χ2n) is 5.94. The molecule has 0 amide bonds. The number of rotatable bonds is 5. The highest BCUT2D eigenvalue weighted by Gasteiger charge is 2.33. The first-order valence-electron chi connectivity index (χ1n) is 7.54. The minimum absolute atomic E-state index is 0. The first-order chi connectivity index (χ1) is 10.1. The molecule has 1 saturated heterocycles. The van der Waals surface area contributed by atoms with E-state index in [4.69, 9.17) is 11.6 Å². The Kier molecular flexibility index (Phi) is 8.04. The van der Waals surface area contributed by atoms with Crippen LogP contribution in [-0.2, 0) is 0 Å². The molecule has 1 atom stereocenters. The molecule has 0 bridgehead atoms. The molecule has 23 heavy (non-hydrogen) atoms. The molecule has 8 heteroatoms. The maximum Gasteiger partial charge on any atom is 0.274 e. The van der Waals surface area contributed by atoms with E-state index in [1.807, 2.05) is 0 Å². The maximum absolute atomic E-state index is 11.4. The van der Waals surface area contributed by atoms with Crippen LogP contribution in [0.4, 0.5) is 5.69 Å². The fraction of sp³-hybridized carbons (Fsp3) is 0.600.